The maximum absolute atomic E-state index is 8.81. The summed E-state index contributed by atoms with van der Waals surface area (Å²) in [5, 5.41) is 18.3. The zero-order valence-electron chi connectivity index (χ0n) is 7.92. The van der Waals surface area contributed by atoms with Gasteiger partial charge >= 0.3 is 0 Å². The molecule has 0 N–H and O–H groups in total. The fourth-order valence-electron chi connectivity index (χ4n) is 1.88. The van der Waals surface area contributed by atoms with Gasteiger partial charge in [-0.05, 0) is 41.7 Å². The van der Waals surface area contributed by atoms with E-state index >= 15 is 0 Å². The third-order valence-corrected chi connectivity index (χ3v) is 2.80. The number of hydrogen-bond acceptors (Lipinski definition) is 2. The second-order valence-corrected chi connectivity index (χ2v) is 3.82. The SMILES string of the molecule is N#CC(C#N)=C1CCc2cc(Cl)ccc21. The molecule has 3 heteroatoms. The Balaban J connectivity index is 2.61. The molecule has 0 amide bonds. The van der Waals surface area contributed by atoms with Gasteiger partial charge in [0, 0.05) is 5.02 Å². The van der Waals surface area contributed by atoms with Crippen molar-refractivity contribution in [1.29, 1.82) is 10.5 Å². The topological polar surface area (TPSA) is 47.6 Å². The molecule has 2 rings (SSSR count). The summed E-state index contributed by atoms with van der Waals surface area (Å²) in [7, 11) is 0. The highest BCUT2D eigenvalue weighted by Gasteiger charge is 2.19. The van der Waals surface area contributed by atoms with Crippen molar-refractivity contribution in [3.05, 3.63) is 39.9 Å². The molecule has 0 saturated carbocycles. The Morgan fingerprint density at radius 2 is 1.93 bits per heavy atom. The summed E-state index contributed by atoms with van der Waals surface area (Å²) in [4.78, 5) is 0. The van der Waals surface area contributed by atoms with Crippen molar-refractivity contribution in [2.45, 2.75) is 12.8 Å². The number of aryl methyl sites for hydroxylation is 1. The number of halogens is 1. The summed E-state index contributed by atoms with van der Waals surface area (Å²) in [5.41, 5.74) is 3.20. The molecule has 0 atom stereocenters. The van der Waals surface area contributed by atoms with E-state index in [2.05, 4.69) is 0 Å². The van der Waals surface area contributed by atoms with E-state index in [-0.39, 0.29) is 5.57 Å². The smallest absolute Gasteiger partial charge is 0.133 e. The van der Waals surface area contributed by atoms with E-state index in [4.69, 9.17) is 22.1 Å². The number of hydrogen-bond donors (Lipinski definition) is 0. The zero-order chi connectivity index (χ0) is 10.8. The highest BCUT2D eigenvalue weighted by atomic mass is 35.5. The van der Waals surface area contributed by atoms with Crippen molar-refractivity contribution in [3.63, 3.8) is 0 Å². The van der Waals surface area contributed by atoms with Crippen LogP contribution in [0.4, 0.5) is 0 Å². The van der Waals surface area contributed by atoms with Gasteiger partial charge in [-0.1, -0.05) is 17.7 Å². The molecule has 1 aliphatic carbocycles. The second kappa shape index (κ2) is 3.77. The number of allylic oxidation sites excluding steroid dienone is 2. The molecule has 0 spiro atoms. The number of benzene rings is 1. The van der Waals surface area contributed by atoms with Crippen molar-refractivity contribution in [1.82, 2.24) is 0 Å². The lowest BCUT2D eigenvalue weighted by molar-refractivity contribution is 1.08. The molecule has 72 valence electrons. The van der Waals surface area contributed by atoms with E-state index in [1.807, 2.05) is 24.3 Å². The van der Waals surface area contributed by atoms with Crippen molar-refractivity contribution in [3.8, 4) is 12.1 Å². The average Bonchev–Trinajstić information content (AvgIpc) is 2.63. The second-order valence-electron chi connectivity index (χ2n) is 3.38. The van der Waals surface area contributed by atoms with E-state index in [0.29, 0.717) is 5.02 Å². The van der Waals surface area contributed by atoms with E-state index in [9.17, 15) is 0 Å². The number of nitrogens with zero attached hydrogens (tertiary/aromatic N) is 2. The third-order valence-electron chi connectivity index (χ3n) is 2.56. The average molecular weight is 215 g/mol. The fourth-order valence-corrected chi connectivity index (χ4v) is 2.07. The van der Waals surface area contributed by atoms with Crippen LogP contribution >= 0.6 is 11.6 Å². The lowest BCUT2D eigenvalue weighted by Gasteiger charge is -2.00. The van der Waals surface area contributed by atoms with Crippen molar-refractivity contribution < 1.29 is 0 Å². The summed E-state index contributed by atoms with van der Waals surface area (Å²) in [6.45, 7) is 0. The molecule has 0 unspecified atom stereocenters. The van der Waals surface area contributed by atoms with Crippen LogP contribution in [-0.2, 0) is 6.42 Å². The Kier molecular flexibility index (Phi) is 2.46. The van der Waals surface area contributed by atoms with Crippen LogP contribution in [0.25, 0.3) is 5.57 Å². The van der Waals surface area contributed by atoms with Crippen molar-refractivity contribution >= 4 is 17.2 Å². The highest BCUT2D eigenvalue weighted by Crippen LogP contribution is 2.35. The minimum absolute atomic E-state index is 0.219. The molecule has 15 heavy (non-hydrogen) atoms. The van der Waals surface area contributed by atoms with Crippen LogP contribution in [0.1, 0.15) is 17.5 Å². The molecule has 0 radical (unpaired) electrons. The maximum atomic E-state index is 8.81. The van der Waals surface area contributed by atoms with Crippen LogP contribution in [0.3, 0.4) is 0 Å². The Hall–Kier alpha value is -1.77. The zero-order valence-corrected chi connectivity index (χ0v) is 8.67. The molecule has 0 aromatic heterocycles. The summed E-state index contributed by atoms with van der Waals surface area (Å²) < 4.78 is 0. The van der Waals surface area contributed by atoms with Gasteiger partial charge in [-0.25, -0.2) is 0 Å². The fraction of sp³-hybridized carbons (Fsp3) is 0.167. The quantitative estimate of drug-likeness (QED) is 0.623. The Morgan fingerprint density at radius 3 is 2.60 bits per heavy atom. The van der Waals surface area contributed by atoms with Crippen molar-refractivity contribution in [2.75, 3.05) is 0 Å². The molecular formula is C12H7ClN2. The minimum atomic E-state index is 0.219. The molecular weight excluding hydrogens is 208 g/mol. The lowest BCUT2D eigenvalue weighted by Crippen LogP contribution is -1.84. The Bertz CT molecular complexity index is 514. The first-order valence-corrected chi connectivity index (χ1v) is 4.96. The maximum Gasteiger partial charge on any atom is 0.133 e. The first-order valence-electron chi connectivity index (χ1n) is 4.58. The molecule has 2 nitrogen and oxygen atoms in total. The lowest BCUT2D eigenvalue weighted by atomic mass is 10.0. The number of fused-ring (bicyclic) bond motifs is 1. The largest absolute Gasteiger partial charge is 0.192 e. The standard InChI is InChI=1S/C12H7ClN2/c13-10-2-4-11-8(5-10)1-3-12(11)9(6-14)7-15/h2,4-5H,1,3H2. The van der Waals surface area contributed by atoms with Crippen LogP contribution < -0.4 is 0 Å². The predicted octanol–water partition coefficient (Wildman–Crippen LogP) is 3.09. The van der Waals surface area contributed by atoms with Crippen molar-refractivity contribution in [2.24, 2.45) is 0 Å². The van der Waals surface area contributed by atoms with Crippen LogP contribution in [-0.4, -0.2) is 0 Å². The Morgan fingerprint density at radius 1 is 1.20 bits per heavy atom. The van der Waals surface area contributed by atoms with Crippen LogP contribution in [0.15, 0.2) is 23.8 Å². The summed E-state index contributed by atoms with van der Waals surface area (Å²) in [5.74, 6) is 0. The summed E-state index contributed by atoms with van der Waals surface area (Å²) in [6, 6.07) is 9.44. The van der Waals surface area contributed by atoms with Gasteiger partial charge in [0.2, 0.25) is 0 Å². The van der Waals surface area contributed by atoms with Gasteiger partial charge in [-0.2, -0.15) is 10.5 Å². The highest BCUT2D eigenvalue weighted by molar-refractivity contribution is 6.30. The minimum Gasteiger partial charge on any atom is -0.192 e. The van der Waals surface area contributed by atoms with Gasteiger partial charge in [0.05, 0.1) is 0 Å². The summed E-state index contributed by atoms with van der Waals surface area (Å²) >= 11 is 5.87. The molecule has 0 saturated heterocycles. The Labute approximate surface area is 93.0 Å². The number of nitriles is 2. The van der Waals surface area contributed by atoms with Crippen LogP contribution in [0.5, 0.6) is 0 Å². The van der Waals surface area contributed by atoms with Crippen LogP contribution in [0.2, 0.25) is 5.02 Å². The van der Waals surface area contributed by atoms with Gasteiger partial charge in [0.1, 0.15) is 17.7 Å². The van der Waals surface area contributed by atoms with E-state index in [1.54, 1.807) is 6.07 Å². The third kappa shape index (κ3) is 1.61. The molecule has 0 fully saturated rings. The molecule has 1 aromatic rings. The van der Waals surface area contributed by atoms with Gasteiger partial charge in [-0.3, -0.25) is 0 Å². The first kappa shape index (κ1) is 9.77. The molecule has 0 heterocycles. The van der Waals surface area contributed by atoms with E-state index < -0.39 is 0 Å². The van der Waals surface area contributed by atoms with Gasteiger partial charge in [0.25, 0.3) is 0 Å². The van der Waals surface area contributed by atoms with Crippen LogP contribution in [0, 0.1) is 22.7 Å². The molecule has 1 aliphatic rings. The molecule has 1 aromatic carbocycles. The summed E-state index contributed by atoms with van der Waals surface area (Å²) in [6.07, 6.45) is 1.62. The monoisotopic (exact) mass is 214 g/mol. The van der Waals surface area contributed by atoms with Gasteiger partial charge in [-0.15, -0.1) is 0 Å². The normalized spacial score (nSPS) is 12.9. The van der Waals surface area contributed by atoms with E-state index in [1.165, 1.54) is 0 Å². The van der Waals surface area contributed by atoms with Gasteiger partial charge in [0.15, 0.2) is 0 Å². The molecule has 0 aliphatic heterocycles. The first-order chi connectivity index (χ1) is 7.26. The van der Waals surface area contributed by atoms with E-state index in [0.717, 1.165) is 29.5 Å². The predicted molar refractivity (Wildman–Crippen MR) is 57.9 cm³/mol. The van der Waals surface area contributed by atoms with Gasteiger partial charge < -0.3 is 0 Å². The number of rotatable bonds is 0. The molecule has 0 bridgehead atoms.